The molecule has 1 saturated heterocycles. The lowest BCUT2D eigenvalue weighted by molar-refractivity contribution is 0.247. The van der Waals surface area contributed by atoms with Crippen LogP contribution in [0.3, 0.4) is 0 Å². The predicted molar refractivity (Wildman–Crippen MR) is 78.6 cm³/mol. The van der Waals surface area contributed by atoms with E-state index in [0.717, 1.165) is 30.5 Å². The van der Waals surface area contributed by atoms with Gasteiger partial charge in [0, 0.05) is 37.4 Å². The highest BCUT2D eigenvalue weighted by atomic mass is 32.2. The highest BCUT2D eigenvalue weighted by molar-refractivity contribution is 7.88. The van der Waals surface area contributed by atoms with Crippen molar-refractivity contribution < 1.29 is 8.42 Å². The zero-order chi connectivity index (χ0) is 14.9. The summed E-state index contributed by atoms with van der Waals surface area (Å²) < 4.78 is 26.6. The quantitative estimate of drug-likeness (QED) is 0.891. The summed E-state index contributed by atoms with van der Waals surface area (Å²) in [4.78, 5) is 0. The van der Waals surface area contributed by atoms with E-state index in [1.165, 1.54) is 6.26 Å². The molecule has 1 aliphatic rings. The Hall–Kier alpha value is -0.920. The van der Waals surface area contributed by atoms with Crippen LogP contribution in [-0.4, -0.2) is 41.8 Å². The van der Waals surface area contributed by atoms with Crippen molar-refractivity contribution in [1.82, 2.24) is 14.1 Å². The highest BCUT2D eigenvalue weighted by Gasteiger charge is 2.27. The number of nitrogens with zero attached hydrogens (tertiary/aromatic N) is 3. The molecule has 0 amide bonds. The SMILES string of the molecule is Cc1c(C(N)CC2CCCN(S(C)(=O)=O)C2)cnn1C. The van der Waals surface area contributed by atoms with Crippen LogP contribution in [0.2, 0.25) is 0 Å². The summed E-state index contributed by atoms with van der Waals surface area (Å²) in [7, 11) is -1.19. The summed E-state index contributed by atoms with van der Waals surface area (Å²) >= 11 is 0. The molecule has 1 aliphatic heterocycles. The van der Waals surface area contributed by atoms with Crippen LogP contribution in [0.5, 0.6) is 0 Å². The van der Waals surface area contributed by atoms with Gasteiger partial charge in [-0.25, -0.2) is 12.7 Å². The molecule has 114 valence electrons. The molecule has 2 N–H and O–H groups in total. The van der Waals surface area contributed by atoms with Crippen molar-refractivity contribution in [3.05, 3.63) is 17.5 Å². The molecule has 2 rings (SSSR count). The molecule has 0 aromatic carbocycles. The minimum absolute atomic E-state index is 0.0757. The van der Waals surface area contributed by atoms with Gasteiger partial charge in [-0.05, 0) is 32.1 Å². The number of hydrogen-bond acceptors (Lipinski definition) is 4. The molecule has 0 spiro atoms. The van der Waals surface area contributed by atoms with Gasteiger partial charge in [-0.1, -0.05) is 0 Å². The molecule has 2 atom stereocenters. The van der Waals surface area contributed by atoms with Gasteiger partial charge >= 0.3 is 0 Å². The van der Waals surface area contributed by atoms with E-state index in [4.69, 9.17) is 5.73 Å². The van der Waals surface area contributed by atoms with Crippen molar-refractivity contribution in [2.75, 3.05) is 19.3 Å². The van der Waals surface area contributed by atoms with E-state index < -0.39 is 10.0 Å². The maximum absolute atomic E-state index is 11.6. The Labute approximate surface area is 121 Å². The summed E-state index contributed by atoms with van der Waals surface area (Å²) in [5.74, 6) is 0.327. The zero-order valence-electron chi connectivity index (χ0n) is 12.4. The minimum Gasteiger partial charge on any atom is -0.324 e. The second-order valence-corrected chi connectivity index (χ2v) is 7.76. The van der Waals surface area contributed by atoms with E-state index in [9.17, 15) is 8.42 Å². The summed E-state index contributed by atoms with van der Waals surface area (Å²) in [6.07, 6.45) is 5.85. The molecular weight excluding hydrogens is 276 g/mol. The first kappa shape index (κ1) is 15.5. The third kappa shape index (κ3) is 3.39. The van der Waals surface area contributed by atoms with Gasteiger partial charge in [0.2, 0.25) is 10.0 Å². The van der Waals surface area contributed by atoms with Crippen LogP contribution >= 0.6 is 0 Å². The number of aromatic nitrogens is 2. The summed E-state index contributed by atoms with van der Waals surface area (Å²) in [5.41, 5.74) is 8.41. The van der Waals surface area contributed by atoms with Gasteiger partial charge in [-0.2, -0.15) is 5.10 Å². The Kier molecular flexibility index (Phi) is 4.51. The maximum atomic E-state index is 11.6. The Balaban J connectivity index is 2.01. The smallest absolute Gasteiger partial charge is 0.211 e. The number of aryl methyl sites for hydroxylation is 1. The van der Waals surface area contributed by atoms with Crippen LogP contribution in [0.25, 0.3) is 0 Å². The first-order chi connectivity index (χ1) is 9.29. The van der Waals surface area contributed by atoms with Crippen molar-refractivity contribution in [3.8, 4) is 0 Å². The lowest BCUT2D eigenvalue weighted by Gasteiger charge is -2.32. The highest BCUT2D eigenvalue weighted by Crippen LogP contribution is 2.28. The Morgan fingerprint density at radius 1 is 1.55 bits per heavy atom. The molecule has 7 heteroatoms. The molecule has 0 aliphatic carbocycles. The second kappa shape index (κ2) is 5.83. The standard InChI is InChI=1S/C13H24N4O2S/c1-10-12(8-15-16(10)2)13(14)7-11-5-4-6-17(9-11)20(3,18)19/h8,11,13H,4-7,9,14H2,1-3H3. The van der Waals surface area contributed by atoms with Gasteiger partial charge in [0.15, 0.2) is 0 Å². The fraction of sp³-hybridized carbons (Fsp3) is 0.769. The van der Waals surface area contributed by atoms with Crippen LogP contribution in [0, 0.1) is 12.8 Å². The third-order valence-electron chi connectivity index (χ3n) is 4.21. The topological polar surface area (TPSA) is 81.2 Å². The van der Waals surface area contributed by atoms with Crippen LogP contribution in [0.1, 0.15) is 36.6 Å². The predicted octanol–water partition coefficient (Wildman–Crippen LogP) is 0.790. The molecule has 2 unspecified atom stereocenters. The number of rotatable bonds is 4. The number of nitrogens with two attached hydrogens (primary N) is 1. The van der Waals surface area contributed by atoms with Crippen LogP contribution < -0.4 is 5.73 Å². The largest absolute Gasteiger partial charge is 0.324 e. The van der Waals surface area contributed by atoms with Crippen molar-refractivity contribution in [3.63, 3.8) is 0 Å². The second-order valence-electron chi connectivity index (χ2n) is 5.78. The lowest BCUT2D eigenvalue weighted by atomic mass is 9.90. The number of hydrogen-bond donors (Lipinski definition) is 1. The molecule has 0 bridgehead atoms. The van der Waals surface area contributed by atoms with Crippen molar-refractivity contribution in [2.24, 2.45) is 18.7 Å². The average molecular weight is 300 g/mol. The maximum Gasteiger partial charge on any atom is 0.211 e. The molecule has 1 aromatic rings. The Morgan fingerprint density at radius 2 is 2.25 bits per heavy atom. The van der Waals surface area contributed by atoms with Crippen LogP contribution in [0.4, 0.5) is 0 Å². The van der Waals surface area contributed by atoms with E-state index in [2.05, 4.69) is 5.10 Å². The fourth-order valence-corrected chi connectivity index (χ4v) is 3.83. The number of sulfonamides is 1. The molecule has 1 fully saturated rings. The summed E-state index contributed by atoms with van der Waals surface area (Å²) in [6, 6.07) is -0.0757. The van der Waals surface area contributed by atoms with E-state index in [-0.39, 0.29) is 6.04 Å². The molecule has 0 radical (unpaired) electrons. The monoisotopic (exact) mass is 300 g/mol. The lowest BCUT2D eigenvalue weighted by Crippen LogP contribution is -2.40. The van der Waals surface area contributed by atoms with Crippen molar-refractivity contribution >= 4 is 10.0 Å². The van der Waals surface area contributed by atoms with E-state index in [1.807, 2.05) is 24.9 Å². The zero-order valence-corrected chi connectivity index (χ0v) is 13.2. The molecular formula is C13H24N4O2S. The first-order valence-corrected chi connectivity index (χ1v) is 8.83. The van der Waals surface area contributed by atoms with Crippen LogP contribution in [0.15, 0.2) is 6.20 Å². The average Bonchev–Trinajstić information content (AvgIpc) is 2.69. The molecule has 2 heterocycles. The summed E-state index contributed by atoms with van der Waals surface area (Å²) in [5, 5.41) is 4.21. The van der Waals surface area contributed by atoms with E-state index in [1.54, 1.807) is 4.31 Å². The van der Waals surface area contributed by atoms with Gasteiger partial charge in [0.25, 0.3) is 0 Å². The first-order valence-electron chi connectivity index (χ1n) is 6.98. The van der Waals surface area contributed by atoms with Gasteiger partial charge < -0.3 is 5.73 Å². The fourth-order valence-electron chi connectivity index (χ4n) is 2.89. The van der Waals surface area contributed by atoms with Crippen molar-refractivity contribution in [2.45, 2.75) is 32.2 Å². The normalized spacial score (nSPS) is 22.9. The molecule has 1 aromatic heterocycles. The number of piperidine rings is 1. The van der Waals surface area contributed by atoms with Crippen molar-refractivity contribution in [1.29, 1.82) is 0 Å². The van der Waals surface area contributed by atoms with Gasteiger partial charge in [0.1, 0.15) is 0 Å². The third-order valence-corrected chi connectivity index (χ3v) is 5.48. The molecule has 0 saturated carbocycles. The Bertz CT molecular complexity index is 567. The van der Waals surface area contributed by atoms with Crippen LogP contribution in [-0.2, 0) is 17.1 Å². The molecule has 20 heavy (non-hydrogen) atoms. The van der Waals surface area contributed by atoms with E-state index in [0.29, 0.717) is 19.0 Å². The Morgan fingerprint density at radius 3 is 2.80 bits per heavy atom. The van der Waals surface area contributed by atoms with E-state index >= 15 is 0 Å². The van der Waals surface area contributed by atoms with Gasteiger partial charge in [0.05, 0.1) is 12.5 Å². The van der Waals surface area contributed by atoms with Gasteiger partial charge in [-0.3, -0.25) is 4.68 Å². The van der Waals surface area contributed by atoms with Gasteiger partial charge in [-0.15, -0.1) is 0 Å². The molecule has 6 nitrogen and oxygen atoms in total. The summed E-state index contributed by atoms with van der Waals surface area (Å²) in [6.45, 7) is 3.23. The minimum atomic E-state index is -3.09.